The highest BCUT2D eigenvalue weighted by Gasteiger charge is 2.23. The van der Waals surface area contributed by atoms with Crippen LogP contribution in [0, 0.1) is 5.92 Å². The highest BCUT2D eigenvalue weighted by atomic mass is 79.9. The van der Waals surface area contributed by atoms with Gasteiger partial charge in [0.05, 0.1) is 13.2 Å². The van der Waals surface area contributed by atoms with Crippen LogP contribution in [0.2, 0.25) is 0 Å². The van der Waals surface area contributed by atoms with Gasteiger partial charge in [0.2, 0.25) is 0 Å². The third-order valence-electron chi connectivity index (χ3n) is 3.09. The Labute approximate surface area is 105 Å². The van der Waals surface area contributed by atoms with Gasteiger partial charge in [-0.1, -0.05) is 13.0 Å². The van der Waals surface area contributed by atoms with E-state index in [1.54, 1.807) is 7.11 Å². The van der Waals surface area contributed by atoms with Crippen LogP contribution in [-0.2, 0) is 0 Å². The SMILES string of the molecule is COc1cccc(O[C@@H]2CC[C@H](C)C2)c1Br. The minimum atomic E-state index is 0.360. The number of methoxy groups -OCH3 is 1. The Balaban J connectivity index is 2.09. The van der Waals surface area contributed by atoms with Gasteiger partial charge >= 0.3 is 0 Å². The summed E-state index contributed by atoms with van der Waals surface area (Å²) in [5, 5.41) is 0. The number of benzene rings is 1. The molecule has 2 rings (SSSR count). The van der Waals surface area contributed by atoms with Crippen molar-refractivity contribution in [3.05, 3.63) is 22.7 Å². The maximum absolute atomic E-state index is 5.99. The lowest BCUT2D eigenvalue weighted by Gasteiger charge is -2.16. The van der Waals surface area contributed by atoms with Gasteiger partial charge in [-0.05, 0) is 53.2 Å². The standard InChI is InChI=1S/C13H17BrO2/c1-9-6-7-10(8-9)16-12-5-3-4-11(15-2)13(12)14/h3-5,9-10H,6-8H2,1-2H3/t9-,10+/m0/s1. The van der Waals surface area contributed by atoms with E-state index in [1.807, 2.05) is 18.2 Å². The Hall–Kier alpha value is -0.700. The van der Waals surface area contributed by atoms with Crippen LogP contribution in [0.5, 0.6) is 11.5 Å². The van der Waals surface area contributed by atoms with Crippen molar-refractivity contribution in [1.82, 2.24) is 0 Å². The lowest BCUT2D eigenvalue weighted by molar-refractivity contribution is 0.203. The third-order valence-corrected chi connectivity index (χ3v) is 3.87. The molecular weight excluding hydrogens is 268 g/mol. The normalized spacial score (nSPS) is 24.4. The van der Waals surface area contributed by atoms with E-state index in [1.165, 1.54) is 6.42 Å². The second-order valence-corrected chi connectivity index (χ2v) is 5.22. The summed E-state index contributed by atoms with van der Waals surface area (Å²) < 4.78 is 12.2. The minimum Gasteiger partial charge on any atom is -0.495 e. The molecule has 1 aromatic carbocycles. The largest absolute Gasteiger partial charge is 0.495 e. The van der Waals surface area contributed by atoms with Crippen LogP contribution in [0.15, 0.2) is 22.7 Å². The average molecular weight is 285 g/mol. The van der Waals surface area contributed by atoms with E-state index in [-0.39, 0.29) is 0 Å². The summed E-state index contributed by atoms with van der Waals surface area (Å²) in [5.41, 5.74) is 0. The molecule has 0 aliphatic heterocycles. The number of ether oxygens (including phenoxy) is 2. The molecule has 0 aromatic heterocycles. The molecule has 16 heavy (non-hydrogen) atoms. The number of rotatable bonds is 3. The molecule has 2 atom stereocenters. The molecule has 0 saturated heterocycles. The molecule has 1 aliphatic carbocycles. The maximum atomic E-state index is 5.99. The molecule has 0 N–H and O–H groups in total. The first kappa shape index (κ1) is 11.8. The molecule has 1 aromatic rings. The zero-order valence-electron chi connectivity index (χ0n) is 9.70. The van der Waals surface area contributed by atoms with Crippen LogP contribution in [0.25, 0.3) is 0 Å². The zero-order valence-corrected chi connectivity index (χ0v) is 11.3. The van der Waals surface area contributed by atoms with Gasteiger partial charge in [0.1, 0.15) is 16.0 Å². The van der Waals surface area contributed by atoms with E-state index in [0.29, 0.717) is 6.10 Å². The molecule has 0 unspecified atom stereocenters. The number of hydrogen-bond donors (Lipinski definition) is 0. The van der Waals surface area contributed by atoms with Crippen molar-refractivity contribution in [2.24, 2.45) is 5.92 Å². The first-order valence-corrected chi connectivity index (χ1v) is 6.49. The van der Waals surface area contributed by atoms with Crippen molar-refractivity contribution in [2.75, 3.05) is 7.11 Å². The average Bonchev–Trinajstić information content (AvgIpc) is 2.67. The molecular formula is C13H17BrO2. The Morgan fingerprint density at radius 2 is 2.00 bits per heavy atom. The van der Waals surface area contributed by atoms with Crippen LogP contribution in [0.3, 0.4) is 0 Å². The lowest BCUT2D eigenvalue weighted by atomic mass is 10.1. The first-order valence-electron chi connectivity index (χ1n) is 5.70. The quantitative estimate of drug-likeness (QED) is 0.835. The van der Waals surface area contributed by atoms with Gasteiger partial charge in [0, 0.05) is 0 Å². The summed E-state index contributed by atoms with van der Waals surface area (Å²) in [6, 6.07) is 5.86. The van der Waals surface area contributed by atoms with Crippen molar-refractivity contribution < 1.29 is 9.47 Å². The summed E-state index contributed by atoms with van der Waals surface area (Å²) in [6.07, 6.45) is 3.94. The van der Waals surface area contributed by atoms with Crippen LogP contribution in [0.4, 0.5) is 0 Å². The van der Waals surface area contributed by atoms with Gasteiger partial charge in [-0.3, -0.25) is 0 Å². The first-order chi connectivity index (χ1) is 7.70. The molecule has 0 amide bonds. The highest BCUT2D eigenvalue weighted by Crippen LogP contribution is 2.37. The Kier molecular flexibility index (Phi) is 3.74. The van der Waals surface area contributed by atoms with Gasteiger partial charge in [0.15, 0.2) is 0 Å². The molecule has 3 heteroatoms. The van der Waals surface area contributed by atoms with Crippen LogP contribution in [-0.4, -0.2) is 13.2 Å². The van der Waals surface area contributed by atoms with Crippen LogP contribution >= 0.6 is 15.9 Å². The topological polar surface area (TPSA) is 18.5 Å². The van der Waals surface area contributed by atoms with E-state index < -0.39 is 0 Å². The molecule has 0 heterocycles. The van der Waals surface area contributed by atoms with Gasteiger partial charge in [-0.25, -0.2) is 0 Å². The van der Waals surface area contributed by atoms with Crippen LogP contribution < -0.4 is 9.47 Å². The Bertz CT molecular complexity index is 365. The monoisotopic (exact) mass is 284 g/mol. The van der Waals surface area contributed by atoms with Gasteiger partial charge in [-0.2, -0.15) is 0 Å². The highest BCUT2D eigenvalue weighted by molar-refractivity contribution is 9.10. The van der Waals surface area contributed by atoms with Crippen molar-refractivity contribution in [3.8, 4) is 11.5 Å². The summed E-state index contributed by atoms with van der Waals surface area (Å²) >= 11 is 3.51. The molecule has 0 bridgehead atoms. The third kappa shape index (κ3) is 2.51. The molecule has 88 valence electrons. The van der Waals surface area contributed by atoms with E-state index in [2.05, 4.69) is 22.9 Å². The molecule has 1 saturated carbocycles. The zero-order chi connectivity index (χ0) is 11.5. The Morgan fingerprint density at radius 3 is 2.62 bits per heavy atom. The van der Waals surface area contributed by atoms with Gasteiger partial charge in [-0.15, -0.1) is 0 Å². The van der Waals surface area contributed by atoms with Gasteiger partial charge < -0.3 is 9.47 Å². The summed E-state index contributed by atoms with van der Waals surface area (Å²) in [6.45, 7) is 2.28. The molecule has 1 aliphatic rings. The number of halogens is 1. The van der Waals surface area contributed by atoms with Gasteiger partial charge in [0.25, 0.3) is 0 Å². The summed E-state index contributed by atoms with van der Waals surface area (Å²) in [5.74, 6) is 2.50. The summed E-state index contributed by atoms with van der Waals surface area (Å²) in [4.78, 5) is 0. The van der Waals surface area contributed by atoms with E-state index in [0.717, 1.165) is 34.7 Å². The number of hydrogen-bond acceptors (Lipinski definition) is 2. The second-order valence-electron chi connectivity index (χ2n) is 4.43. The maximum Gasteiger partial charge on any atom is 0.137 e. The fourth-order valence-corrected chi connectivity index (χ4v) is 2.70. The van der Waals surface area contributed by atoms with E-state index in [9.17, 15) is 0 Å². The van der Waals surface area contributed by atoms with E-state index in [4.69, 9.17) is 9.47 Å². The summed E-state index contributed by atoms with van der Waals surface area (Å²) in [7, 11) is 1.67. The van der Waals surface area contributed by atoms with Crippen molar-refractivity contribution in [2.45, 2.75) is 32.3 Å². The molecule has 0 spiro atoms. The molecule has 2 nitrogen and oxygen atoms in total. The van der Waals surface area contributed by atoms with Crippen molar-refractivity contribution in [3.63, 3.8) is 0 Å². The molecule has 0 radical (unpaired) electrons. The smallest absolute Gasteiger partial charge is 0.137 e. The minimum absolute atomic E-state index is 0.360. The predicted octanol–water partition coefficient (Wildman–Crippen LogP) is 4.03. The van der Waals surface area contributed by atoms with Crippen LogP contribution in [0.1, 0.15) is 26.2 Å². The molecule has 1 fully saturated rings. The lowest BCUT2D eigenvalue weighted by Crippen LogP contribution is -2.12. The fraction of sp³-hybridized carbons (Fsp3) is 0.538. The van der Waals surface area contributed by atoms with E-state index >= 15 is 0 Å². The Morgan fingerprint density at radius 1 is 1.25 bits per heavy atom. The van der Waals surface area contributed by atoms with Crippen molar-refractivity contribution >= 4 is 15.9 Å². The van der Waals surface area contributed by atoms with Crippen molar-refractivity contribution in [1.29, 1.82) is 0 Å². The second kappa shape index (κ2) is 5.09. The fourth-order valence-electron chi connectivity index (χ4n) is 2.18. The predicted molar refractivity (Wildman–Crippen MR) is 68.1 cm³/mol.